The summed E-state index contributed by atoms with van der Waals surface area (Å²) in [5, 5.41) is 0. The predicted molar refractivity (Wildman–Crippen MR) is 108 cm³/mol. The van der Waals surface area contributed by atoms with Crippen molar-refractivity contribution in [1.82, 2.24) is 5.48 Å². The molecule has 10 heteroatoms. The number of fused-ring (bicyclic) bond motifs is 1. The maximum Gasteiger partial charge on any atom is 0.420 e. The first-order valence-corrected chi connectivity index (χ1v) is 9.19. The van der Waals surface area contributed by atoms with E-state index in [0.717, 1.165) is 0 Å². The molecule has 1 aliphatic heterocycles. The number of hydrogen-bond acceptors (Lipinski definition) is 4. The van der Waals surface area contributed by atoms with E-state index in [1.807, 2.05) is 0 Å². The number of nitrogens with two attached hydrogens (primary N) is 2. The first-order chi connectivity index (χ1) is 15.0. The van der Waals surface area contributed by atoms with Crippen molar-refractivity contribution in [2.24, 2.45) is 0 Å². The Morgan fingerprint density at radius 2 is 1.16 bits per heavy atom. The Hall–Kier alpha value is -3.82. The molecule has 1 heterocycles. The molecule has 0 saturated carbocycles. The topological polar surface area (TPSA) is 73.3 Å². The Morgan fingerprint density at radius 3 is 1.66 bits per heavy atom. The summed E-state index contributed by atoms with van der Waals surface area (Å²) < 4.78 is 82.6. The van der Waals surface area contributed by atoms with Gasteiger partial charge in [-0.05, 0) is 5.56 Å². The van der Waals surface area contributed by atoms with Crippen molar-refractivity contribution < 1.29 is 31.2 Å². The molecule has 0 amide bonds. The Bertz CT molecular complexity index is 1200. The fourth-order valence-electron chi connectivity index (χ4n) is 3.66. The number of rotatable bonds is 2. The molecule has 0 bridgehead atoms. The van der Waals surface area contributed by atoms with Crippen LogP contribution >= 0.6 is 0 Å². The van der Waals surface area contributed by atoms with Gasteiger partial charge in [-0.15, -0.1) is 0 Å². The third-order valence-corrected chi connectivity index (χ3v) is 4.98. The summed E-state index contributed by atoms with van der Waals surface area (Å²) in [6.07, 6.45) is -10.8. The molecule has 4 rings (SSSR count). The minimum Gasteiger partial charge on any atom is -0.397 e. The number of benzene rings is 3. The quantitative estimate of drug-likeness (QED) is 0.345. The Kier molecular flexibility index (Phi) is 4.95. The van der Waals surface area contributed by atoms with Gasteiger partial charge in [-0.25, -0.2) is 5.48 Å². The fraction of sp³-hybridized carbons (Fsp3) is 0.0909. The standard InChI is InChI=1S/C22H15F6N3O/c23-21(24,25)15-16(22(26,27)28)20-14(17(29)18(15)30)13(11-7-3-1-4-8-11)19(31-32-20)12-9-5-2-6-10-12/h1-10,31H,29-30H2. The van der Waals surface area contributed by atoms with Crippen LogP contribution in [0.15, 0.2) is 60.7 Å². The van der Waals surface area contributed by atoms with E-state index in [0.29, 0.717) is 11.1 Å². The highest BCUT2D eigenvalue weighted by Crippen LogP contribution is 2.55. The lowest BCUT2D eigenvalue weighted by Crippen LogP contribution is -2.29. The van der Waals surface area contributed by atoms with Crippen LogP contribution < -0.4 is 21.8 Å². The molecule has 0 spiro atoms. The van der Waals surface area contributed by atoms with Gasteiger partial charge < -0.3 is 16.3 Å². The van der Waals surface area contributed by atoms with Gasteiger partial charge in [-0.1, -0.05) is 60.7 Å². The third kappa shape index (κ3) is 3.47. The SMILES string of the molecule is Nc1c(N)c(C(F)(F)F)c(C(F)(F)F)c2c1C(c1ccccc1)=C(c1ccccc1)NO2. The molecule has 1 aliphatic rings. The molecular weight excluding hydrogens is 436 g/mol. The minimum absolute atomic E-state index is 0.126. The van der Waals surface area contributed by atoms with Gasteiger partial charge in [-0.3, -0.25) is 0 Å². The summed E-state index contributed by atoms with van der Waals surface area (Å²) in [5.74, 6) is -1.09. The highest BCUT2D eigenvalue weighted by atomic mass is 19.4. The van der Waals surface area contributed by atoms with Crippen molar-refractivity contribution in [2.45, 2.75) is 12.4 Å². The molecule has 0 radical (unpaired) electrons. The molecule has 3 aromatic carbocycles. The van der Waals surface area contributed by atoms with Gasteiger partial charge in [-0.2, -0.15) is 26.3 Å². The van der Waals surface area contributed by atoms with E-state index in [1.165, 1.54) is 0 Å². The monoisotopic (exact) mass is 451 g/mol. The average molecular weight is 451 g/mol. The van der Waals surface area contributed by atoms with Crippen molar-refractivity contribution in [2.75, 3.05) is 11.5 Å². The van der Waals surface area contributed by atoms with Crippen LogP contribution in [0.1, 0.15) is 27.8 Å². The lowest BCUT2D eigenvalue weighted by atomic mass is 9.86. The maximum atomic E-state index is 13.9. The second kappa shape index (κ2) is 7.40. The summed E-state index contributed by atoms with van der Waals surface area (Å²) in [4.78, 5) is 5.11. The minimum atomic E-state index is -5.43. The van der Waals surface area contributed by atoms with E-state index in [2.05, 4.69) is 5.48 Å². The van der Waals surface area contributed by atoms with Crippen LogP contribution in [0, 0.1) is 0 Å². The van der Waals surface area contributed by atoms with Crippen LogP contribution in [-0.4, -0.2) is 0 Å². The van der Waals surface area contributed by atoms with Crippen molar-refractivity contribution in [3.63, 3.8) is 0 Å². The first kappa shape index (κ1) is 21.4. The third-order valence-electron chi connectivity index (χ3n) is 4.98. The molecule has 0 unspecified atom stereocenters. The van der Waals surface area contributed by atoms with Gasteiger partial charge in [0.05, 0.1) is 28.2 Å². The highest BCUT2D eigenvalue weighted by Gasteiger charge is 2.50. The van der Waals surface area contributed by atoms with Gasteiger partial charge in [0.25, 0.3) is 0 Å². The molecule has 0 fully saturated rings. The summed E-state index contributed by atoms with van der Waals surface area (Å²) >= 11 is 0. The molecule has 0 atom stereocenters. The van der Waals surface area contributed by atoms with E-state index in [-0.39, 0.29) is 16.8 Å². The largest absolute Gasteiger partial charge is 0.420 e. The molecule has 4 nitrogen and oxygen atoms in total. The lowest BCUT2D eigenvalue weighted by molar-refractivity contribution is -0.162. The predicted octanol–water partition coefficient (Wildman–Crippen LogP) is 5.70. The average Bonchev–Trinajstić information content (AvgIpc) is 2.74. The smallest absolute Gasteiger partial charge is 0.397 e. The van der Waals surface area contributed by atoms with E-state index in [4.69, 9.17) is 16.3 Å². The Labute approximate surface area is 178 Å². The van der Waals surface area contributed by atoms with Crippen LogP contribution in [0.25, 0.3) is 11.3 Å². The molecule has 5 N–H and O–H groups in total. The van der Waals surface area contributed by atoms with Crippen molar-refractivity contribution in [3.05, 3.63) is 88.5 Å². The van der Waals surface area contributed by atoms with Crippen LogP contribution in [0.5, 0.6) is 5.75 Å². The number of halogens is 6. The fourth-order valence-corrected chi connectivity index (χ4v) is 3.66. The summed E-state index contributed by atoms with van der Waals surface area (Å²) in [6.45, 7) is 0. The molecule has 0 aliphatic carbocycles. The second-order valence-corrected chi connectivity index (χ2v) is 6.96. The molecule has 0 aromatic heterocycles. The zero-order valence-electron chi connectivity index (χ0n) is 16.1. The van der Waals surface area contributed by atoms with Crippen LogP contribution in [0.4, 0.5) is 37.7 Å². The number of anilines is 2. The van der Waals surface area contributed by atoms with Gasteiger partial charge in [0.1, 0.15) is 5.56 Å². The normalized spacial score (nSPS) is 13.9. The number of alkyl halides is 6. The molecule has 32 heavy (non-hydrogen) atoms. The number of hydrogen-bond donors (Lipinski definition) is 3. The molecule has 0 saturated heterocycles. The van der Waals surface area contributed by atoms with Gasteiger partial charge in [0, 0.05) is 11.1 Å². The first-order valence-electron chi connectivity index (χ1n) is 9.19. The van der Waals surface area contributed by atoms with Crippen molar-refractivity contribution in [3.8, 4) is 5.75 Å². The van der Waals surface area contributed by atoms with Crippen LogP contribution in [-0.2, 0) is 12.4 Å². The Morgan fingerprint density at radius 1 is 0.656 bits per heavy atom. The Balaban J connectivity index is 2.17. The zero-order chi connectivity index (χ0) is 23.3. The second-order valence-electron chi connectivity index (χ2n) is 6.96. The van der Waals surface area contributed by atoms with Crippen LogP contribution in [0.2, 0.25) is 0 Å². The lowest BCUT2D eigenvalue weighted by Gasteiger charge is -2.31. The highest BCUT2D eigenvalue weighted by molar-refractivity contribution is 6.05. The van der Waals surface area contributed by atoms with E-state index >= 15 is 0 Å². The van der Waals surface area contributed by atoms with Gasteiger partial charge in [0.15, 0.2) is 5.75 Å². The summed E-state index contributed by atoms with van der Waals surface area (Å²) in [7, 11) is 0. The summed E-state index contributed by atoms with van der Waals surface area (Å²) in [6, 6.07) is 16.6. The molecule has 3 aromatic rings. The van der Waals surface area contributed by atoms with E-state index in [9.17, 15) is 26.3 Å². The number of nitrogens with one attached hydrogen (secondary N) is 1. The number of hydroxylamine groups is 1. The van der Waals surface area contributed by atoms with E-state index < -0.39 is 40.6 Å². The van der Waals surface area contributed by atoms with Gasteiger partial charge in [0.2, 0.25) is 0 Å². The zero-order valence-corrected chi connectivity index (χ0v) is 16.1. The summed E-state index contributed by atoms with van der Waals surface area (Å²) in [5.41, 5.74) is 8.82. The molecular formula is C22H15F6N3O. The molecule has 166 valence electrons. The van der Waals surface area contributed by atoms with E-state index in [1.54, 1.807) is 60.7 Å². The van der Waals surface area contributed by atoms with Crippen molar-refractivity contribution in [1.29, 1.82) is 0 Å². The van der Waals surface area contributed by atoms with Gasteiger partial charge >= 0.3 is 12.4 Å². The number of nitrogen functional groups attached to an aromatic ring is 2. The van der Waals surface area contributed by atoms with Crippen molar-refractivity contribution >= 4 is 22.6 Å². The van der Waals surface area contributed by atoms with Crippen LogP contribution in [0.3, 0.4) is 0 Å². The maximum absolute atomic E-state index is 13.9.